The molecule has 1 aliphatic heterocycles. The van der Waals surface area contributed by atoms with Crippen LogP contribution in [0.1, 0.15) is 29.0 Å². The second-order valence-corrected chi connectivity index (χ2v) is 9.23. The minimum Gasteiger partial charge on any atom is -0.497 e. The number of hydrogen-bond acceptors (Lipinski definition) is 3. The van der Waals surface area contributed by atoms with Crippen LogP contribution in [0.15, 0.2) is 85.2 Å². The summed E-state index contributed by atoms with van der Waals surface area (Å²) < 4.78 is 7.41. The van der Waals surface area contributed by atoms with E-state index >= 15 is 0 Å². The summed E-state index contributed by atoms with van der Waals surface area (Å²) in [6.07, 6.45) is 3.81. The molecular formula is C26H22Cl2N4OS. The van der Waals surface area contributed by atoms with Crippen molar-refractivity contribution in [2.24, 2.45) is 0 Å². The maximum absolute atomic E-state index is 6.59. The molecule has 0 bridgehead atoms. The van der Waals surface area contributed by atoms with Crippen molar-refractivity contribution in [3.63, 3.8) is 0 Å². The third-order valence-electron chi connectivity index (χ3n) is 5.96. The van der Waals surface area contributed by atoms with E-state index in [2.05, 4.69) is 38.0 Å². The molecule has 0 unspecified atom stereocenters. The SMILES string of the molecule is COc1ccc(CN2C(=S)N[C@@H](c3ccccn3)[C@@H]2c2cccn2-c2ccc(Cl)cc2Cl)cc1. The number of benzene rings is 2. The Morgan fingerprint density at radius 3 is 2.56 bits per heavy atom. The Bertz CT molecular complexity index is 1310. The zero-order valence-corrected chi connectivity index (χ0v) is 20.7. The van der Waals surface area contributed by atoms with Gasteiger partial charge in [-0.05, 0) is 72.4 Å². The first-order chi connectivity index (χ1) is 16.5. The minimum absolute atomic E-state index is 0.119. The van der Waals surface area contributed by atoms with Crippen LogP contribution in [0.4, 0.5) is 0 Å². The Kier molecular flexibility index (Phi) is 6.46. The van der Waals surface area contributed by atoms with E-state index in [4.69, 9.17) is 40.2 Å². The molecular weight excluding hydrogens is 487 g/mol. The molecule has 172 valence electrons. The maximum atomic E-state index is 6.59. The van der Waals surface area contributed by atoms with Crippen LogP contribution < -0.4 is 10.1 Å². The number of nitrogens with one attached hydrogen (secondary N) is 1. The smallest absolute Gasteiger partial charge is 0.170 e. The van der Waals surface area contributed by atoms with Gasteiger partial charge in [0.1, 0.15) is 5.75 Å². The van der Waals surface area contributed by atoms with E-state index in [-0.39, 0.29) is 12.1 Å². The molecule has 5 nitrogen and oxygen atoms in total. The number of rotatable bonds is 6. The van der Waals surface area contributed by atoms with Gasteiger partial charge in [-0.25, -0.2) is 0 Å². The zero-order chi connectivity index (χ0) is 23.7. The van der Waals surface area contributed by atoms with Crippen molar-refractivity contribution in [2.75, 3.05) is 7.11 Å². The summed E-state index contributed by atoms with van der Waals surface area (Å²) in [5, 5.41) is 5.35. The minimum atomic E-state index is -0.133. The van der Waals surface area contributed by atoms with Crippen LogP contribution in [-0.4, -0.2) is 26.7 Å². The summed E-state index contributed by atoms with van der Waals surface area (Å²) in [6.45, 7) is 0.628. The highest BCUT2D eigenvalue weighted by molar-refractivity contribution is 7.80. The summed E-state index contributed by atoms with van der Waals surface area (Å²) in [5.74, 6) is 0.819. The topological polar surface area (TPSA) is 42.3 Å². The second kappa shape index (κ2) is 9.66. The Morgan fingerprint density at radius 2 is 1.85 bits per heavy atom. The van der Waals surface area contributed by atoms with Gasteiger partial charge in [0.05, 0.1) is 35.6 Å². The van der Waals surface area contributed by atoms with Crippen molar-refractivity contribution in [3.8, 4) is 11.4 Å². The molecule has 0 spiro atoms. The van der Waals surface area contributed by atoms with Crippen LogP contribution >= 0.6 is 35.4 Å². The molecule has 4 aromatic rings. The molecule has 1 aliphatic rings. The van der Waals surface area contributed by atoms with Crippen LogP contribution in [0.2, 0.25) is 10.0 Å². The monoisotopic (exact) mass is 508 g/mol. The number of nitrogens with zero attached hydrogens (tertiary/aromatic N) is 3. The van der Waals surface area contributed by atoms with Gasteiger partial charge in [0.2, 0.25) is 0 Å². The quantitative estimate of drug-likeness (QED) is 0.307. The second-order valence-electron chi connectivity index (χ2n) is 8.00. The van der Waals surface area contributed by atoms with Crippen LogP contribution in [0, 0.1) is 0 Å². The van der Waals surface area contributed by atoms with E-state index in [0.29, 0.717) is 21.7 Å². The van der Waals surface area contributed by atoms with Crippen LogP contribution in [0.25, 0.3) is 5.69 Å². The molecule has 2 atom stereocenters. The summed E-state index contributed by atoms with van der Waals surface area (Å²) in [6, 6.07) is 23.4. The number of halogens is 2. The average Bonchev–Trinajstić information content (AvgIpc) is 3.44. The zero-order valence-electron chi connectivity index (χ0n) is 18.4. The van der Waals surface area contributed by atoms with E-state index in [1.807, 2.05) is 54.7 Å². The van der Waals surface area contributed by atoms with Gasteiger partial charge in [0.25, 0.3) is 0 Å². The summed E-state index contributed by atoms with van der Waals surface area (Å²) in [4.78, 5) is 6.83. The Labute approximate surface area is 213 Å². The number of hydrogen-bond donors (Lipinski definition) is 1. The summed E-state index contributed by atoms with van der Waals surface area (Å²) in [5.41, 5.74) is 3.94. The fourth-order valence-electron chi connectivity index (χ4n) is 4.36. The molecule has 34 heavy (non-hydrogen) atoms. The van der Waals surface area contributed by atoms with Crippen molar-refractivity contribution in [1.29, 1.82) is 0 Å². The van der Waals surface area contributed by atoms with Gasteiger partial charge >= 0.3 is 0 Å². The van der Waals surface area contributed by atoms with E-state index in [9.17, 15) is 0 Å². The normalized spacial score (nSPS) is 17.6. The molecule has 2 aromatic heterocycles. The third-order valence-corrected chi connectivity index (χ3v) is 6.85. The van der Waals surface area contributed by atoms with Gasteiger partial charge in [-0.1, -0.05) is 41.4 Å². The highest BCUT2D eigenvalue weighted by atomic mass is 35.5. The third kappa shape index (κ3) is 4.37. The fraction of sp³-hybridized carbons (Fsp3) is 0.154. The standard InChI is InChI=1S/C26H22Cl2N4OS/c1-33-19-10-7-17(8-11-19)16-32-25(24(30-26(32)34)21-5-2-3-13-29-21)23-6-4-14-31(23)22-12-9-18(27)15-20(22)28/h2-15,24-25H,16H2,1H3,(H,30,34)/t24-,25-/m0/s1. The molecule has 1 saturated heterocycles. The molecule has 1 N–H and O–H groups in total. The first-order valence-corrected chi connectivity index (χ1v) is 12.0. The molecule has 5 rings (SSSR count). The fourth-order valence-corrected chi connectivity index (χ4v) is 5.16. The molecule has 0 amide bonds. The molecule has 0 aliphatic carbocycles. The van der Waals surface area contributed by atoms with Gasteiger partial charge in [0, 0.05) is 29.7 Å². The van der Waals surface area contributed by atoms with Gasteiger partial charge in [-0.15, -0.1) is 0 Å². The predicted molar refractivity (Wildman–Crippen MR) is 140 cm³/mol. The number of aromatic nitrogens is 2. The maximum Gasteiger partial charge on any atom is 0.170 e. The lowest BCUT2D eigenvalue weighted by atomic mass is 10.0. The van der Waals surface area contributed by atoms with Gasteiger partial charge < -0.3 is 19.5 Å². The van der Waals surface area contributed by atoms with Crippen molar-refractivity contribution in [2.45, 2.75) is 18.6 Å². The van der Waals surface area contributed by atoms with Gasteiger partial charge in [0.15, 0.2) is 5.11 Å². The van der Waals surface area contributed by atoms with Gasteiger partial charge in [-0.3, -0.25) is 4.98 Å². The highest BCUT2D eigenvalue weighted by Gasteiger charge is 2.41. The average molecular weight is 509 g/mol. The molecule has 2 aromatic carbocycles. The Morgan fingerprint density at radius 1 is 1.03 bits per heavy atom. The van der Waals surface area contributed by atoms with Crippen molar-refractivity contribution >= 4 is 40.5 Å². The Balaban J connectivity index is 1.59. The van der Waals surface area contributed by atoms with Crippen LogP contribution in [-0.2, 0) is 6.54 Å². The molecule has 8 heteroatoms. The van der Waals surface area contributed by atoms with E-state index < -0.39 is 0 Å². The largest absolute Gasteiger partial charge is 0.497 e. The number of pyridine rings is 1. The first kappa shape index (κ1) is 22.7. The molecule has 3 heterocycles. The summed E-state index contributed by atoms with van der Waals surface area (Å²) in [7, 11) is 1.66. The van der Waals surface area contributed by atoms with Crippen LogP contribution in [0.5, 0.6) is 5.75 Å². The molecule has 1 fully saturated rings. The highest BCUT2D eigenvalue weighted by Crippen LogP contribution is 2.41. The van der Waals surface area contributed by atoms with E-state index in [1.165, 1.54) is 0 Å². The first-order valence-electron chi connectivity index (χ1n) is 10.8. The number of ether oxygens (including phenoxy) is 1. The van der Waals surface area contributed by atoms with Crippen molar-refractivity contribution in [3.05, 3.63) is 112 Å². The Hall–Kier alpha value is -3.06. The van der Waals surface area contributed by atoms with E-state index in [0.717, 1.165) is 28.4 Å². The lowest BCUT2D eigenvalue weighted by Gasteiger charge is -2.29. The van der Waals surface area contributed by atoms with Crippen molar-refractivity contribution < 1.29 is 4.74 Å². The van der Waals surface area contributed by atoms with Crippen LogP contribution in [0.3, 0.4) is 0 Å². The summed E-state index contributed by atoms with van der Waals surface area (Å²) >= 11 is 18.6. The lowest BCUT2D eigenvalue weighted by molar-refractivity contribution is 0.302. The molecule has 0 saturated carbocycles. The lowest BCUT2D eigenvalue weighted by Crippen LogP contribution is -2.30. The van der Waals surface area contributed by atoms with E-state index in [1.54, 1.807) is 19.4 Å². The van der Waals surface area contributed by atoms with Crippen molar-refractivity contribution in [1.82, 2.24) is 19.8 Å². The molecule has 0 radical (unpaired) electrons. The number of methoxy groups -OCH3 is 1. The predicted octanol–water partition coefficient (Wildman–Crippen LogP) is 6.36. The number of thiocarbonyl (C=S) groups is 1. The van der Waals surface area contributed by atoms with Gasteiger partial charge in [-0.2, -0.15) is 0 Å².